The monoisotopic (exact) mass is 317 g/mol. The number of aryl methyl sites for hydroxylation is 1. The van der Waals surface area contributed by atoms with E-state index < -0.39 is 0 Å². The van der Waals surface area contributed by atoms with Gasteiger partial charge in [-0.2, -0.15) is 0 Å². The van der Waals surface area contributed by atoms with Gasteiger partial charge in [0.2, 0.25) is 0 Å². The van der Waals surface area contributed by atoms with Crippen molar-refractivity contribution in [1.29, 1.82) is 0 Å². The summed E-state index contributed by atoms with van der Waals surface area (Å²) in [5.74, 6) is 1.73. The van der Waals surface area contributed by atoms with Crippen molar-refractivity contribution in [2.24, 2.45) is 0 Å². The number of aromatic nitrogens is 2. The van der Waals surface area contributed by atoms with Crippen molar-refractivity contribution in [2.75, 3.05) is 26.4 Å². The number of hydrogen-bond acceptors (Lipinski definition) is 5. The molecular formula is C16H19N3O4. The number of carbonyl (C=O) groups excluding carboxylic acids is 1. The van der Waals surface area contributed by atoms with Gasteiger partial charge in [-0.3, -0.25) is 4.79 Å². The van der Waals surface area contributed by atoms with Crippen LogP contribution in [0.25, 0.3) is 0 Å². The molecule has 7 heteroatoms. The zero-order chi connectivity index (χ0) is 16.2. The summed E-state index contributed by atoms with van der Waals surface area (Å²) in [6.07, 6.45) is 3.33. The van der Waals surface area contributed by atoms with Gasteiger partial charge in [0.15, 0.2) is 11.5 Å². The van der Waals surface area contributed by atoms with Gasteiger partial charge in [0, 0.05) is 24.5 Å². The van der Waals surface area contributed by atoms with Crippen LogP contribution in [0.4, 0.5) is 0 Å². The van der Waals surface area contributed by atoms with Crippen LogP contribution in [0.1, 0.15) is 21.7 Å². The Balaban J connectivity index is 1.87. The third-order valence-electron chi connectivity index (χ3n) is 3.67. The summed E-state index contributed by atoms with van der Waals surface area (Å²) in [7, 11) is 0. The first-order valence-electron chi connectivity index (χ1n) is 7.47. The van der Waals surface area contributed by atoms with Crippen LogP contribution in [-0.2, 0) is 6.54 Å². The molecular weight excluding hydrogens is 298 g/mol. The average molecular weight is 317 g/mol. The molecule has 0 saturated carbocycles. The fourth-order valence-corrected chi connectivity index (χ4v) is 2.53. The van der Waals surface area contributed by atoms with Gasteiger partial charge < -0.3 is 24.5 Å². The highest BCUT2D eigenvalue weighted by atomic mass is 16.6. The molecule has 1 aromatic carbocycles. The Bertz CT molecular complexity index is 685. The number of carbonyl (C=O) groups is 1. The quantitative estimate of drug-likeness (QED) is 0.863. The minimum Gasteiger partial charge on any atom is -0.486 e. The molecule has 122 valence electrons. The molecule has 2 heterocycles. The van der Waals surface area contributed by atoms with E-state index in [1.807, 2.05) is 13.0 Å². The largest absolute Gasteiger partial charge is 0.486 e. The number of aliphatic hydroxyl groups excluding tert-OH is 1. The molecule has 7 nitrogen and oxygen atoms in total. The van der Waals surface area contributed by atoms with Crippen molar-refractivity contribution in [3.63, 3.8) is 0 Å². The lowest BCUT2D eigenvalue weighted by atomic mass is 10.1. The summed E-state index contributed by atoms with van der Waals surface area (Å²) >= 11 is 0. The van der Waals surface area contributed by atoms with Gasteiger partial charge in [-0.1, -0.05) is 0 Å². The van der Waals surface area contributed by atoms with E-state index in [1.54, 1.807) is 23.4 Å². The van der Waals surface area contributed by atoms with Gasteiger partial charge in [-0.15, -0.1) is 0 Å². The minimum absolute atomic E-state index is 0.115. The van der Waals surface area contributed by atoms with Gasteiger partial charge in [0.05, 0.1) is 13.2 Å². The molecule has 0 unspecified atom stereocenters. The lowest BCUT2D eigenvalue weighted by Crippen LogP contribution is -2.34. The Labute approximate surface area is 133 Å². The van der Waals surface area contributed by atoms with Crippen molar-refractivity contribution in [1.82, 2.24) is 14.9 Å². The molecule has 1 aromatic heterocycles. The molecule has 0 fully saturated rings. The zero-order valence-electron chi connectivity index (χ0n) is 12.9. The SMILES string of the molecule is Cc1cc2c(cc1C(=O)N(CCO)Cc1ncc[nH]1)OCCO2. The molecule has 0 spiro atoms. The molecule has 0 radical (unpaired) electrons. The maximum atomic E-state index is 12.8. The van der Waals surface area contributed by atoms with E-state index in [0.717, 1.165) is 5.56 Å². The molecule has 1 aliphatic heterocycles. The van der Waals surface area contributed by atoms with E-state index in [9.17, 15) is 9.90 Å². The number of amides is 1. The van der Waals surface area contributed by atoms with Gasteiger partial charge in [-0.25, -0.2) is 4.98 Å². The first-order valence-corrected chi connectivity index (χ1v) is 7.47. The summed E-state index contributed by atoms with van der Waals surface area (Å²) in [6, 6.07) is 3.52. The highest BCUT2D eigenvalue weighted by molar-refractivity contribution is 5.96. The van der Waals surface area contributed by atoms with Crippen molar-refractivity contribution in [3.8, 4) is 11.5 Å². The second-order valence-corrected chi connectivity index (χ2v) is 5.30. The molecule has 3 rings (SSSR count). The molecule has 2 N–H and O–H groups in total. The summed E-state index contributed by atoms with van der Waals surface area (Å²) in [6.45, 7) is 3.25. The van der Waals surface area contributed by atoms with Crippen LogP contribution in [0.2, 0.25) is 0 Å². The van der Waals surface area contributed by atoms with Crippen molar-refractivity contribution < 1.29 is 19.4 Å². The Morgan fingerprint density at radius 3 is 2.74 bits per heavy atom. The van der Waals surface area contributed by atoms with Gasteiger partial charge in [-0.05, 0) is 24.6 Å². The molecule has 0 saturated heterocycles. The number of nitrogens with one attached hydrogen (secondary N) is 1. The predicted molar refractivity (Wildman–Crippen MR) is 82.6 cm³/mol. The van der Waals surface area contributed by atoms with Crippen LogP contribution in [-0.4, -0.2) is 52.2 Å². The highest BCUT2D eigenvalue weighted by Gasteiger charge is 2.22. The van der Waals surface area contributed by atoms with Gasteiger partial charge >= 0.3 is 0 Å². The number of H-pyrrole nitrogens is 1. The van der Waals surface area contributed by atoms with Crippen molar-refractivity contribution >= 4 is 5.91 Å². The van der Waals surface area contributed by atoms with E-state index >= 15 is 0 Å². The number of ether oxygens (including phenoxy) is 2. The highest BCUT2D eigenvalue weighted by Crippen LogP contribution is 2.33. The summed E-state index contributed by atoms with van der Waals surface area (Å²) in [5, 5.41) is 9.25. The fraction of sp³-hybridized carbons (Fsp3) is 0.375. The zero-order valence-corrected chi connectivity index (χ0v) is 12.9. The number of fused-ring (bicyclic) bond motifs is 1. The Hall–Kier alpha value is -2.54. The van der Waals surface area contributed by atoms with Crippen molar-refractivity contribution in [2.45, 2.75) is 13.5 Å². The Morgan fingerprint density at radius 1 is 1.35 bits per heavy atom. The summed E-state index contributed by atoms with van der Waals surface area (Å²) in [5.41, 5.74) is 1.34. The number of nitrogens with zero attached hydrogens (tertiary/aromatic N) is 2. The molecule has 0 aliphatic carbocycles. The maximum Gasteiger partial charge on any atom is 0.254 e. The Kier molecular flexibility index (Phi) is 4.47. The number of benzene rings is 1. The van der Waals surface area contributed by atoms with Crippen LogP contribution in [0, 0.1) is 6.92 Å². The number of hydrogen-bond donors (Lipinski definition) is 2. The lowest BCUT2D eigenvalue weighted by molar-refractivity contribution is 0.0701. The van der Waals surface area contributed by atoms with Crippen molar-refractivity contribution in [3.05, 3.63) is 41.5 Å². The molecule has 1 aliphatic rings. The minimum atomic E-state index is -0.176. The predicted octanol–water partition coefficient (Wildman–Crippen LogP) is 1.12. The van der Waals surface area contributed by atoms with E-state index in [1.165, 1.54) is 0 Å². The summed E-state index contributed by atoms with van der Waals surface area (Å²) < 4.78 is 11.1. The second-order valence-electron chi connectivity index (χ2n) is 5.30. The average Bonchev–Trinajstić information content (AvgIpc) is 3.06. The standard InChI is InChI=1S/C16H19N3O4/c1-11-8-13-14(23-7-6-22-13)9-12(11)16(21)19(4-5-20)10-15-17-2-3-18-15/h2-3,8-9,20H,4-7,10H2,1H3,(H,17,18). The third kappa shape index (κ3) is 3.29. The Morgan fingerprint density at radius 2 is 2.09 bits per heavy atom. The lowest BCUT2D eigenvalue weighted by Gasteiger charge is -2.24. The first-order chi connectivity index (χ1) is 11.2. The second kappa shape index (κ2) is 6.70. The fourth-order valence-electron chi connectivity index (χ4n) is 2.53. The van der Waals surface area contributed by atoms with E-state index in [4.69, 9.17) is 9.47 Å². The van der Waals surface area contributed by atoms with Crippen LogP contribution in [0.15, 0.2) is 24.5 Å². The number of rotatable bonds is 5. The normalized spacial score (nSPS) is 13.0. The van der Waals surface area contributed by atoms with Crippen LogP contribution in [0.5, 0.6) is 11.5 Å². The number of imidazole rings is 1. The topological polar surface area (TPSA) is 87.7 Å². The van der Waals surface area contributed by atoms with Crippen LogP contribution >= 0.6 is 0 Å². The van der Waals surface area contributed by atoms with Crippen LogP contribution < -0.4 is 9.47 Å². The van der Waals surface area contributed by atoms with E-state index in [2.05, 4.69) is 9.97 Å². The number of aliphatic hydroxyl groups is 1. The van der Waals surface area contributed by atoms with Gasteiger partial charge in [0.25, 0.3) is 5.91 Å². The molecule has 23 heavy (non-hydrogen) atoms. The smallest absolute Gasteiger partial charge is 0.254 e. The van der Waals surface area contributed by atoms with E-state index in [0.29, 0.717) is 42.6 Å². The number of aromatic amines is 1. The molecule has 1 amide bonds. The van der Waals surface area contributed by atoms with Gasteiger partial charge in [0.1, 0.15) is 19.0 Å². The summed E-state index contributed by atoms with van der Waals surface area (Å²) in [4.78, 5) is 21.5. The maximum absolute atomic E-state index is 12.8. The molecule has 0 bridgehead atoms. The molecule has 2 aromatic rings. The van der Waals surface area contributed by atoms with E-state index in [-0.39, 0.29) is 19.1 Å². The molecule has 0 atom stereocenters. The third-order valence-corrected chi connectivity index (χ3v) is 3.67. The first kappa shape index (κ1) is 15.4. The van der Waals surface area contributed by atoms with Crippen LogP contribution in [0.3, 0.4) is 0 Å².